The monoisotopic (exact) mass is 236 g/mol. The Hall–Kier alpha value is -1.71. The summed E-state index contributed by atoms with van der Waals surface area (Å²) in [5.74, 6) is 0.512. The molecule has 0 saturated heterocycles. The third kappa shape index (κ3) is 3.12. The first-order valence-corrected chi connectivity index (χ1v) is 5.83. The number of ether oxygens (including phenoxy) is 2. The Labute approximate surface area is 100 Å². The SMILES string of the molecule is CCOc1cccc(OC(C(=O)O)C2CC2)c1. The van der Waals surface area contributed by atoms with Crippen LogP contribution >= 0.6 is 0 Å². The fourth-order valence-electron chi connectivity index (χ4n) is 1.70. The quantitative estimate of drug-likeness (QED) is 0.823. The summed E-state index contributed by atoms with van der Waals surface area (Å²) in [5.41, 5.74) is 0. The van der Waals surface area contributed by atoms with E-state index in [1.807, 2.05) is 13.0 Å². The molecule has 1 fully saturated rings. The number of hydrogen-bond donors (Lipinski definition) is 1. The molecule has 0 aromatic heterocycles. The molecule has 1 aromatic rings. The zero-order chi connectivity index (χ0) is 12.3. The zero-order valence-electron chi connectivity index (χ0n) is 9.76. The standard InChI is InChI=1S/C13H16O4/c1-2-16-10-4-3-5-11(8-10)17-12(13(14)15)9-6-7-9/h3-5,8-9,12H,2,6-7H2,1H3,(H,14,15). The molecule has 1 aliphatic carbocycles. The van der Waals surface area contributed by atoms with Gasteiger partial charge in [0.25, 0.3) is 0 Å². The molecular formula is C13H16O4. The minimum atomic E-state index is -0.894. The van der Waals surface area contributed by atoms with Crippen molar-refractivity contribution >= 4 is 5.97 Å². The Kier molecular flexibility index (Phi) is 3.52. The highest BCUT2D eigenvalue weighted by molar-refractivity contribution is 5.73. The normalized spacial score (nSPS) is 16.3. The van der Waals surface area contributed by atoms with Gasteiger partial charge in [0.1, 0.15) is 11.5 Å². The van der Waals surface area contributed by atoms with E-state index >= 15 is 0 Å². The van der Waals surface area contributed by atoms with E-state index in [-0.39, 0.29) is 5.92 Å². The van der Waals surface area contributed by atoms with E-state index in [1.54, 1.807) is 18.2 Å². The first kappa shape index (κ1) is 11.8. The average molecular weight is 236 g/mol. The molecule has 1 unspecified atom stereocenters. The fourth-order valence-corrected chi connectivity index (χ4v) is 1.70. The lowest BCUT2D eigenvalue weighted by molar-refractivity contribution is -0.146. The van der Waals surface area contributed by atoms with Crippen molar-refractivity contribution in [1.82, 2.24) is 0 Å². The van der Waals surface area contributed by atoms with Gasteiger partial charge in [0.15, 0.2) is 6.10 Å². The van der Waals surface area contributed by atoms with Crippen LogP contribution in [0.5, 0.6) is 11.5 Å². The van der Waals surface area contributed by atoms with Crippen molar-refractivity contribution in [1.29, 1.82) is 0 Å². The topological polar surface area (TPSA) is 55.8 Å². The summed E-state index contributed by atoms with van der Waals surface area (Å²) in [6.07, 6.45) is 1.14. The molecule has 2 rings (SSSR count). The Bertz CT molecular complexity index is 398. The van der Waals surface area contributed by atoms with Crippen molar-refractivity contribution in [2.45, 2.75) is 25.9 Å². The summed E-state index contributed by atoms with van der Waals surface area (Å²) in [6, 6.07) is 7.10. The Balaban J connectivity index is 2.05. The van der Waals surface area contributed by atoms with Gasteiger partial charge in [-0.25, -0.2) is 4.79 Å². The Morgan fingerprint density at radius 3 is 2.76 bits per heavy atom. The number of hydrogen-bond acceptors (Lipinski definition) is 3. The summed E-state index contributed by atoms with van der Waals surface area (Å²) in [7, 11) is 0. The summed E-state index contributed by atoms with van der Waals surface area (Å²) >= 11 is 0. The number of rotatable bonds is 6. The van der Waals surface area contributed by atoms with Gasteiger partial charge in [0.2, 0.25) is 0 Å². The molecule has 0 aliphatic heterocycles. The molecule has 1 N–H and O–H groups in total. The molecule has 1 saturated carbocycles. The maximum absolute atomic E-state index is 11.0. The lowest BCUT2D eigenvalue weighted by Crippen LogP contribution is -2.29. The van der Waals surface area contributed by atoms with Crippen LogP contribution in [0.1, 0.15) is 19.8 Å². The molecule has 1 aliphatic rings. The van der Waals surface area contributed by atoms with Gasteiger partial charge in [-0.05, 0) is 31.9 Å². The smallest absolute Gasteiger partial charge is 0.345 e. The second kappa shape index (κ2) is 5.08. The summed E-state index contributed by atoms with van der Waals surface area (Å²) < 4.78 is 10.8. The van der Waals surface area contributed by atoms with Gasteiger partial charge in [-0.1, -0.05) is 6.07 Å². The second-order valence-electron chi connectivity index (χ2n) is 4.12. The molecule has 0 heterocycles. The highest BCUT2D eigenvalue weighted by atomic mass is 16.5. The van der Waals surface area contributed by atoms with Crippen LogP contribution in [0, 0.1) is 5.92 Å². The minimum Gasteiger partial charge on any atom is -0.494 e. The van der Waals surface area contributed by atoms with E-state index in [9.17, 15) is 4.79 Å². The van der Waals surface area contributed by atoms with Crippen molar-refractivity contribution < 1.29 is 19.4 Å². The molecule has 92 valence electrons. The maximum Gasteiger partial charge on any atom is 0.345 e. The van der Waals surface area contributed by atoms with Crippen LogP contribution < -0.4 is 9.47 Å². The van der Waals surface area contributed by atoms with Crippen molar-refractivity contribution in [2.75, 3.05) is 6.61 Å². The highest BCUT2D eigenvalue weighted by Crippen LogP contribution is 2.35. The summed E-state index contributed by atoms with van der Waals surface area (Å²) in [4.78, 5) is 11.0. The van der Waals surface area contributed by atoms with Crippen molar-refractivity contribution in [2.24, 2.45) is 5.92 Å². The zero-order valence-corrected chi connectivity index (χ0v) is 9.76. The van der Waals surface area contributed by atoms with E-state index in [0.29, 0.717) is 18.1 Å². The number of carboxylic acid groups (broad SMARTS) is 1. The van der Waals surface area contributed by atoms with Crippen molar-refractivity contribution in [3.8, 4) is 11.5 Å². The molecule has 4 nitrogen and oxygen atoms in total. The first-order valence-electron chi connectivity index (χ1n) is 5.83. The van der Waals surface area contributed by atoms with Gasteiger partial charge in [-0.3, -0.25) is 0 Å². The Morgan fingerprint density at radius 1 is 1.47 bits per heavy atom. The van der Waals surface area contributed by atoms with E-state index in [1.165, 1.54) is 0 Å². The molecule has 4 heteroatoms. The third-order valence-electron chi connectivity index (χ3n) is 2.67. The fraction of sp³-hybridized carbons (Fsp3) is 0.462. The van der Waals surface area contributed by atoms with E-state index in [0.717, 1.165) is 12.8 Å². The number of benzene rings is 1. The largest absolute Gasteiger partial charge is 0.494 e. The molecule has 0 bridgehead atoms. The number of carbonyl (C=O) groups is 1. The molecule has 1 aromatic carbocycles. The summed E-state index contributed by atoms with van der Waals surface area (Å²) in [5, 5.41) is 9.06. The lowest BCUT2D eigenvalue weighted by atomic mass is 10.2. The van der Waals surface area contributed by atoms with E-state index in [4.69, 9.17) is 14.6 Å². The van der Waals surface area contributed by atoms with Crippen LogP contribution in [0.2, 0.25) is 0 Å². The molecular weight excluding hydrogens is 220 g/mol. The van der Waals surface area contributed by atoms with Crippen LogP contribution in [0.15, 0.2) is 24.3 Å². The van der Waals surface area contributed by atoms with Gasteiger partial charge < -0.3 is 14.6 Å². The molecule has 0 radical (unpaired) electrons. The minimum absolute atomic E-state index is 0.156. The van der Waals surface area contributed by atoms with Gasteiger partial charge in [-0.2, -0.15) is 0 Å². The number of carboxylic acids is 1. The van der Waals surface area contributed by atoms with Crippen LogP contribution in [-0.2, 0) is 4.79 Å². The first-order chi connectivity index (χ1) is 8.20. The van der Waals surface area contributed by atoms with Crippen molar-refractivity contribution in [3.63, 3.8) is 0 Å². The van der Waals surface area contributed by atoms with Gasteiger partial charge in [0, 0.05) is 12.0 Å². The third-order valence-corrected chi connectivity index (χ3v) is 2.67. The van der Waals surface area contributed by atoms with E-state index < -0.39 is 12.1 Å². The lowest BCUT2D eigenvalue weighted by Gasteiger charge is -2.15. The van der Waals surface area contributed by atoms with E-state index in [2.05, 4.69) is 0 Å². The molecule has 1 atom stereocenters. The van der Waals surface area contributed by atoms with Crippen LogP contribution in [-0.4, -0.2) is 23.8 Å². The van der Waals surface area contributed by atoms with Crippen LogP contribution in [0.4, 0.5) is 0 Å². The summed E-state index contributed by atoms with van der Waals surface area (Å²) in [6.45, 7) is 2.48. The maximum atomic E-state index is 11.0. The molecule has 17 heavy (non-hydrogen) atoms. The van der Waals surface area contributed by atoms with Gasteiger partial charge >= 0.3 is 5.97 Å². The molecule has 0 amide bonds. The second-order valence-corrected chi connectivity index (χ2v) is 4.12. The van der Waals surface area contributed by atoms with Crippen molar-refractivity contribution in [3.05, 3.63) is 24.3 Å². The Morgan fingerprint density at radius 2 is 2.18 bits per heavy atom. The van der Waals surface area contributed by atoms with Crippen LogP contribution in [0.25, 0.3) is 0 Å². The van der Waals surface area contributed by atoms with Crippen LogP contribution in [0.3, 0.4) is 0 Å². The molecule has 0 spiro atoms. The average Bonchev–Trinajstić information content (AvgIpc) is 3.10. The predicted molar refractivity (Wildman–Crippen MR) is 62.4 cm³/mol. The van der Waals surface area contributed by atoms with Gasteiger partial charge in [0.05, 0.1) is 6.61 Å². The van der Waals surface area contributed by atoms with Gasteiger partial charge in [-0.15, -0.1) is 0 Å². The number of aliphatic carboxylic acids is 1. The highest BCUT2D eigenvalue weighted by Gasteiger charge is 2.38. The predicted octanol–water partition coefficient (Wildman–Crippen LogP) is 2.33.